The first kappa shape index (κ1) is 14.1. The molecule has 0 bridgehead atoms. The van der Waals surface area contributed by atoms with Gasteiger partial charge in [0.2, 0.25) is 0 Å². The van der Waals surface area contributed by atoms with Crippen LogP contribution in [-0.4, -0.2) is 5.11 Å². The summed E-state index contributed by atoms with van der Waals surface area (Å²) in [6.07, 6.45) is 3.90. The Labute approximate surface area is 124 Å². The first-order chi connectivity index (χ1) is 10.1. The summed E-state index contributed by atoms with van der Waals surface area (Å²) >= 11 is 0. The maximum absolute atomic E-state index is 13.3. The van der Waals surface area contributed by atoms with Gasteiger partial charge in [0.05, 0.1) is 6.10 Å². The number of aliphatic hydroxyl groups excluding tert-OH is 1. The van der Waals surface area contributed by atoms with E-state index in [-0.39, 0.29) is 5.82 Å². The van der Waals surface area contributed by atoms with Crippen molar-refractivity contribution in [2.24, 2.45) is 0 Å². The van der Waals surface area contributed by atoms with Gasteiger partial charge in [0, 0.05) is 5.56 Å². The van der Waals surface area contributed by atoms with Gasteiger partial charge in [-0.25, -0.2) is 4.39 Å². The molecular weight excluding hydrogens is 267 g/mol. The molecule has 2 nitrogen and oxygen atoms in total. The summed E-state index contributed by atoms with van der Waals surface area (Å²) in [5, 5.41) is 9.75. The summed E-state index contributed by atoms with van der Waals surface area (Å²) in [5.41, 5.74) is 3.19. The fourth-order valence-corrected chi connectivity index (χ4v) is 2.84. The molecule has 3 rings (SSSR count). The largest absolute Gasteiger partial charge is 0.457 e. The molecule has 0 heterocycles. The van der Waals surface area contributed by atoms with Crippen LogP contribution in [0.4, 0.5) is 4.39 Å². The molecule has 2 aromatic rings. The van der Waals surface area contributed by atoms with Gasteiger partial charge in [-0.2, -0.15) is 0 Å². The Kier molecular flexibility index (Phi) is 3.93. The van der Waals surface area contributed by atoms with Crippen LogP contribution < -0.4 is 4.74 Å². The molecular formula is C18H19FO2. The zero-order chi connectivity index (χ0) is 14.8. The number of ether oxygens (including phenoxy) is 1. The van der Waals surface area contributed by atoms with E-state index in [2.05, 4.69) is 12.1 Å². The smallest absolute Gasteiger partial charge is 0.133 e. The van der Waals surface area contributed by atoms with E-state index < -0.39 is 6.10 Å². The van der Waals surface area contributed by atoms with E-state index in [1.165, 1.54) is 36.1 Å². The molecule has 0 unspecified atom stereocenters. The third-order valence-corrected chi connectivity index (χ3v) is 3.97. The first-order valence-corrected chi connectivity index (χ1v) is 7.40. The predicted molar refractivity (Wildman–Crippen MR) is 80.2 cm³/mol. The van der Waals surface area contributed by atoms with Crippen molar-refractivity contribution in [3.05, 3.63) is 58.9 Å². The Morgan fingerprint density at radius 2 is 1.81 bits per heavy atom. The zero-order valence-corrected chi connectivity index (χ0v) is 12.1. The van der Waals surface area contributed by atoms with Crippen LogP contribution in [0, 0.1) is 5.82 Å². The van der Waals surface area contributed by atoms with Crippen LogP contribution in [0.2, 0.25) is 0 Å². The lowest BCUT2D eigenvalue weighted by Crippen LogP contribution is -2.03. The highest BCUT2D eigenvalue weighted by molar-refractivity contribution is 5.42. The predicted octanol–water partition coefficient (Wildman–Crippen LogP) is 4.55. The summed E-state index contributed by atoms with van der Waals surface area (Å²) in [6.45, 7) is 1.61. The van der Waals surface area contributed by atoms with E-state index in [4.69, 9.17) is 4.74 Å². The Balaban J connectivity index is 1.90. The number of aryl methyl sites for hydroxylation is 2. The standard InChI is InChI=1S/C18H19FO2/c1-12(20)17-11-15(19)7-9-18(17)21-16-8-6-13-4-2-3-5-14(13)10-16/h6-12,20H,2-5H2,1H3/t12-/m0/s1. The Bertz CT molecular complexity index is 650. The van der Waals surface area contributed by atoms with Gasteiger partial charge in [-0.15, -0.1) is 0 Å². The summed E-state index contributed by atoms with van der Waals surface area (Å²) in [6, 6.07) is 10.3. The Morgan fingerprint density at radius 1 is 1.05 bits per heavy atom. The topological polar surface area (TPSA) is 29.5 Å². The molecule has 21 heavy (non-hydrogen) atoms. The fourth-order valence-electron chi connectivity index (χ4n) is 2.84. The van der Waals surface area contributed by atoms with Crippen molar-refractivity contribution in [2.45, 2.75) is 38.7 Å². The number of benzene rings is 2. The van der Waals surface area contributed by atoms with Crippen LogP contribution in [0.1, 0.15) is 42.6 Å². The van der Waals surface area contributed by atoms with Crippen molar-refractivity contribution < 1.29 is 14.2 Å². The molecule has 0 radical (unpaired) electrons. The highest BCUT2D eigenvalue weighted by atomic mass is 19.1. The van der Waals surface area contributed by atoms with Gasteiger partial charge in [0.25, 0.3) is 0 Å². The van der Waals surface area contributed by atoms with Crippen molar-refractivity contribution >= 4 is 0 Å². The van der Waals surface area contributed by atoms with Crippen LogP contribution in [0.5, 0.6) is 11.5 Å². The molecule has 0 saturated heterocycles. The molecule has 1 N–H and O–H groups in total. The van der Waals surface area contributed by atoms with Crippen molar-refractivity contribution in [2.75, 3.05) is 0 Å². The third kappa shape index (κ3) is 3.08. The molecule has 0 fully saturated rings. The highest BCUT2D eigenvalue weighted by Gasteiger charge is 2.14. The lowest BCUT2D eigenvalue weighted by atomic mass is 9.92. The second-order valence-corrected chi connectivity index (χ2v) is 5.60. The minimum absolute atomic E-state index is 0.372. The fraction of sp³-hybridized carbons (Fsp3) is 0.333. The van der Waals surface area contributed by atoms with E-state index in [0.717, 1.165) is 18.6 Å². The summed E-state index contributed by atoms with van der Waals surface area (Å²) < 4.78 is 19.2. The van der Waals surface area contributed by atoms with Crippen molar-refractivity contribution in [3.8, 4) is 11.5 Å². The van der Waals surface area contributed by atoms with Gasteiger partial charge in [0.1, 0.15) is 17.3 Å². The Morgan fingerprint density at radius 3 is 2.57 bits per heavy atom. The number of aliphatic hydroxyl groups is 1. The quantitative estimate of drug-likeness (QED) is 0.897. The van der Waals surface area contributed by atoms with Gasteiger partial charge in [-0.05, 0) is 74.1 Å². The van der Waals surface area contributed by atoms with Gasteiger partial charge < -0.3 is 9.84 Å². The van der Waals surface area contributed by atoms with Gasteiger partial charge in [-0.1, -0.05) is 6.07 Å². The highest BCUT2D eigenvalue weighted by Crippen LogP contribution is 2.32. The molecule has 0 amide bonds. The lowest BCUT2D eigenvalue weighted by molar-refractivity contribution is 0.195. The van der Waals surface area contributed by atoms with E-state index in [0.29, 0.717) is 11.3 Å². The van der Waals surface area contributed by atoms with Gasteiger partial charge in [-0.3, -0.25) is 0 Å². The van der Waals surface area contributed by atoms with Crippen molar-refractivity contribution in [3.63, 3.8) is 0 Å². The summed E-state index contributed by atoms with van der Waals surface area (Å²) in [5.74, 6) is 0.870. The number of fused-ring (bicyclic) bond motifs is 1. The molecule has 1 atom stereocenters. The maximum atomic E-state index is 13.3. The molecule has 2 aromatic carbocycles. The zero-order valence-electron chi connectivity index (χ0n) is 12.1. The molecule has 0 aromatic heterocycles. The third-order valence-electron chi connectivity index (χ3n) is 3.97. The van der Waals surface area contributed by atoms with Gasteiger partial charge >= 0.3 is 0 Å². The van der Waals surface area contributed by atoms with Crippen LogP contribution in [0.25, 0.3) is 0 Å². The second kappa shape index (κ2) is 5.86. The minimum Gasteiger partial charge on any atom is -0.457 e. The van der Waals surface area contributed by atoms with Crippen molar-refractivity contribution in [1.82, 2.24) is 0 Å². The molecule has 110 valence electrons. The monoisotopic (exact) mass is 286 g/mol. The average molecular weight is 286 g/mol. The van der Waals surface area contributed by atoms with Crippen LogP contribution >= 0.6 is 0 Å². The van der Waals surface area contributed by atoms with Crippen LogP contribution in [0.15, 0.2) is 36.4 Å². The second-order valence-electron chi connectivity index (χ2n) is 5.60. The van der Waals surface area contributed by atoms with Crippen LogP contribution in [-0.2, 0) is 12.8 Å². The molecule has 0 aliphatic heterocycles. The van der Waals surface area contributed by atoms with Crippen LogP contribution in [0.3, 0.4) is 0 Å². The lowest BCUT2D eigenvalue weighted by Gasteiger charge is -2.18. The van der Waals surface area contributed by atoms with E-state index in [1.54, 1.807) is 13.0 Å². The summed E-state index contributed by atoms with van der Waals surface area (Å²) in [7, 11) is 0. The SMILES string of the molecule is C[C@H](O)c1cc(F)ccc1Oc1ccc2c(c1)CCCC2. The molecule has 3 heteroatoms. The normalized spacial score (nSPS) is 15.4. The van der Waals surface area contributed by atoms with E-state index in [9.17, 15) is 9.50 Å². The number of hydrogen-bond acceptors (Lipinski definition) is 2. The number of hydrogen-bond donors (Lipinski definition) is 1. The molecule has 0 spiro atoms. The Hall–Kier alpha value is -1.87. The minimum atomic E-state index is -0.770. The molecule has 0 saturated carbocycles. The average Bonchev–Trinajstić information content (AvgIpc) is 2.49. The first-order valence-electron chi connectivity index (χ1n) is 7.40. The molecule has 1 aliphatic rings. The summed E-state index contributed by atoms with van der Waals surface area (Å²) in [4.78, 5) is 0. The number of rotatable bonds is 3. The molecule has 1 aliphatic carbocycles. The van der Waals surface area contributed by atoms with E-state index >= 15 is 0 Å². The van der Waals surface area contributed by atoms with Gasteiger partial charge in [0.15, 0.2) is 0 Å². The number of halogens is 1. The van der Waals surface area contributed by atoms with E-state index in [1.807, 2.05) is 6.07 Å². The maximum Gasteiger partial charge on any atom is 0.133 e. The van der Waals surface area contributed by atoms with Crippen molar-refractivity contribution in [1.29, 1.82) is 0 Å².